The summed E-state index contributed by atoms with van der Waals surface area (Å²) >= 11 is 0. The van der Waals surface area contributed by atoms with Gasteiger partial charge in [0.1, 0.15) is 23.0 Å². The Hall–Kier alpha value is -5.84. The van der Waals surface area contributed by atoms with Crippen molar-refractivity contribution < 1.29 is 28.4 Å². The predicted molar refractivity (Wildman–Crippen MR) is 208 cm³/mol. The molecule has 0 heterocycles. The molecule has 52 heavy (non-hydrogen) atoms. The van der Waals surface area contributed by atoms with Crippen molar-refractivity contribution in [3.05, 3.63) is 145 Å². The van der Waals surface area contributed by atoms with Crippen LogP contribution in [0.2, 0.25) is 0 Å². The van der Waals surface area contributed by atoms with Crippen molar-refractivity contribution in [1.82, 2.24) is 0 Å². The second-order valence-corrected chi connectivity index (χ2v) is 12.3. The molecule has 0 aliphatic heterocycles. The molecule has 2 unspecified atom stereocenters. The first-order valence-corrected chi connectivity index (χ1v) is 17.1. The minimum absolute atomic E-state index is 0.300. The topological polar surface area (TPSA) is 104 Å². The second kappa shape index (κ2) is 16.9. The molecule has 2 atom stereocenters. The van der Waals surface area contributed by atoms with Crippen molar-refractivity contribution >= 4 is 22.7 Å². The molecule has 2 aliphatic carbocycles. The fraction of sp³-hybridized carbons (Fsp3) is 0.238. The van der Waals surface area contributed by atoms with E-state index >= 15 is 0 Å². The van der Waals surface area contributed by atoms with E-state index in [9.17, 15) is 0 Å². The molecule has 0 fully saturated rings. The highest BCUT2D eigenvalue weighted by molar-refractivity contribution is 5.56. The number of hydrogen-bond donors (Lipinski definition) is 4. The van der Waals surface area contributed by atoms with Crippen LogP contribution in [0.15, 0.2) is 145 Å². The average Bonchev–Trinajstić information content (AvgIpc) is 3.18. The smallest absolute Gasteiger partial charge is 0.163 e. The van der Waals surface area contributed by atoms with Crippen LogP contribution >= 0.6 is 0 Å². The van der Waals surface area contributed by atoms with E-state index in [1.54, 1.807) is 28.4 Å². The lowest BCUT2D eigenvalue weighted by atomic mass is 10.00. The minimum atomic E-state index is -0.860. The second-order valence-electron chi connectivity index (χ2n) is 12.3. The van der Waals surface area contributed by atoms with E-state index in [-0.39, 0.29) is 0 Å². The zero-order chi connectivity index (χ0) is 36.2. The van der Waals surface area contributed by atoms with Crippen LogP contribution in [0.25, 0.3) is 0 Å². The fourth-order valence-corrected chi connectivity index (χ4v) is 6.06. The molecular weight excluding hydrogens is 656 g/mol. The molecule has 0 radical (unpaired) electrons. The van der Waals surface area contributed by atoms with Gasteiger partial charge in [0.2, 0.25) is 0 Å². The first-order chi connectivity index (χ1) is 25.4. The highest BCUT2D eigenvalue weighted by Gasteiger charge is 2.34. The molecule has 0 spiro atoms. The average molecular weight is 703 g/mol. The van der Waals surface area contributed by atoms with E-state index in [1.807, 2.05) is 121 Å². The summed E-state index contributed by atoms with van der Waals surface area (Å²) < 4.78 is 34.9. The van der Waals surface area contributed by atoms with Gasteiger partial charge in [-0.25, -0.2) is 0 Å². The summed E-state index contributed by atoms with van der Waals surface area (Å²) in [4.78, 5) is 0. The first-order valence-electron chi connectivity index (χ1n) is 17.1. The maximum Gasteiger partial charge on any atom is 0.163 e. The molecule has 6 rings (SSSR count). The summed E-state index contributed by atoms with van der Waals surface area (Å²) in [6, 6.07) is 31.3. The molecule has 270 valence electrons. The normalized spacial score (nSPS) is 19.2. The Morgan fingerprint density at radius 1 is 0.442 bits per heavy atom. The Morgan fingerprint density at radius 2 is 0.750 bits per heavy atom. The lowest BCUT2D eigenvalue weighted by molar-refractivity contribution is -0.0582. The Labute approximate surface area is 305 Å². The standard InChI is InChI=1S/C42H46N4O6/c1-47-37-17-9-31(10-18-37)43-35-7-5-25-41(29-35,45-33-13-21-39(49-3)22-14-33)51-27-28-52-42(46-34-15-23-40(50-4)24-16-34)26-6-8-36(30-42)44-32-11-19-38(48-2)20-12-32/h5-26,43-46H,27-30H2,1-4H3. The molecule has 4 aromatic carbocycles. The summed E-state index contributed by atoms with van der Waals surface area (Å²) in [7, 11) is 6.64. The summed E-state index contributed by atoms with van der Waals surface area (Å²) in [5, 5.41) is 14.3. The largest absolute Gasteiger partial charge is 0.497 e. The molecule has 4 aromatic rings. The molecular formula is C42H46N4O6. The van der Waals surface area contributed by atoms with Gasteiger partial charge in [0.15, 0.2) is 11.4 Å². The zero-order valence-corrected chi connectivity index (χ0v) is 30.0. The van der Waals surface area contributed by atoms with E-state index < -0.39 is 11.4 Å². The highest BCUT2D eigenvalue weighted by atomic mass is 16.6. The monoisotopic (exact) mass is 702 g/mol. The van der Waals surface area contributed by atoms with E-state index in [0.717, 1.165) is 57.1 Å². The summed E-state index contributed by atoms with van der Waals surface area (Å²) in [6.45, 7) is 0.600. The van der Waals surface area contributed by atoms with Gasteiger partial charge in [-0.15, -0.1) is 0 Å². The van der Waals surface area contributed by atoms with Crippen LogP contribution < -0.4 is 40.2 Å². The number of hydrogen-bond acceptors (Lipinski definition) is 10. The van der Waals surface area contributed by atoms with Crippen LogP contribution in [0.4, 0.5) is 22.7 Å². The molecule has 10 heteroatoms. The number of nitrogens with one attached hydrogen (secondary N) is 4. The number of benzene rings is 4. The Balaban J connectivity index is 1.17. The molecule has 0 saturated carbocycles. The van der Waals surface area contributed by atoms with Crippen LogP contribution in [-0.4, -0.2) is 53.1 Å². The van der Waals surface area contributed by atoms with Gasteiger partial charge in [-0.1, -0.05) is 12.2 Å². The molecule has 0 saturated heterocycles. The van der Waals surface area contributed by atoms with Crippen molar-refractivity contribution in [2.24, 2.45) is 0 Å². The Morgan fingerprint density at radius 3 is 1.06 bits per heavy atom. The fourth-order valence-electron chi connectivity index (χ4n) is 6.06. The van der Waals surface area contributed by atoms with Crippen molar-refractivity contribution in [3.63, 3.8) is 0 Å². The third kappa shape index (κ3) is 9.48. The third-order valence-electron chi connectivity index (χ3n) is 8.72. The predicted octanol–water partition coefficient (Wildman–Crippen LogP) is 8.58. The summed E-state index contributed by atoms with van der Waals surface area (Å²) in [6.07, 6.45) is 13.3. The Kier molecular flexibility index (Phi) is 11.7. The van der Waals surface area contributed by atoms with Gasteiger partial charge in [0.05, 0.1) is 41.7 Å². The van der Waals surface area contributed by atoms with Crippen LogP contribution in [0.1, 0.15) is 12.8 Å². The van der Waals surface area contributed by atoms with Gasteiger partial charge >= 0.3 is 0 Å². The maximum absolute atomic E-state index is 6.73. The number of ether oxygens (including phenoxy) is 6. The molecule has 0 amide bonds. The molecule has 0 bridgehead atoms. The van der Waals surface area contributed by atoms with Gasteiger partial charge in [-0.3, -0.25) is 0 Å². The van der Waals surface area contributed by atoms with Crippen LogP contribution in [0.5, 0.6) is 23.0 Å². The number of methoxy groups -OCH3 is 4. The van der Waals surface area contributed by atoms with Gasteiger partial charge in [0, 0.05) is 47.0 Å². The van der Waals surface area contributed by atoms with Crippen molar-refractivity contribution in [2.45, 2.75) is 24.3 Å². The lowest BCUT2D eigenvalue weighted by Crippen LogP contribution is -2.45. The highest BCUT2D eigenvalue weighted by Crippen LogP contribution is 2.33. The number of rotatable bonds is 17. The van der Waals surface area contributed by atoms with Gasteiger partial charge in [-0.2, -0.15) is 0 Å². The summed E-state index contributed by atoms with van der Waals surface area (Å²) in [5.41, 5.74) is 3.94. The number of anilines is 4. The number of allylic oxidation sites excluding steroid dienone is 4. The minimum Gasteiger partial charge on any atom is -0.497 e. The first kappa shape index (κ1) is 36.0. The SMILES string of the molecule is COc1ccc(NC2=CC=CC(Nc3ccc(OC)cc3)(OCCOC3(Nc4ccc(OC)cc4)C=CC=C(Nc4ccc(OC)cc4)C3)C2)cc1. The van der Waals surface area contributed by atoms with E-state index in [2.05, 4.69) is 33.4 Å². The van der Waals surface area contributed by atoms with Gasteiger partial charge in [0.25, 0.3) is 0 Å². The van der Waals surface area contributed by atoms with Crippen molar-refractivity contribution in [2.75, 3.05) is 62.9 Å². The molecule has 10 nitrogen and oxygen atoms in total. The van der Waals surface area contributed by atoms with Crippen molar-refractivity contribution in [3.8, 4) is 23.0 Å². The van der Waals surface area contributed by atoms with Crippen LogP contribution in [0.3, 0.4) is 0 Å². The lowest BCUT2D eigenvalue weighted by Gasteiger charge is -2.38. The van der Waals surface area contributed by atoms with Crippen LogP contribution in [-0.2, 0) is 9.47 Å². The zero-order valence-electron chi connectivity index (χ0n) is 30.0. The maximum atomic E-state index is 6.73. The van der Waals surface area contributed by atoms with E-state index in [4.69, 9.17) is 28.4 Å². The molecule has 2 aliphatic rings. The Bertz CT molecular complexity index is 1730. The van der Waals surface area contributed by atoms with E-state index in [1.165, 1.54) is 0 Å². The van der Waals surface area contributed by atoms with Crippen LogP contribution in [0, 0.1) is 0 Å². The molecule has 0 aromatic heterocycles. The quantitative estimate of drug-likeness (QED) is 0.0632. The summed E-state index contributed by atoms with van der Waals surface area (Å²) in [5.74, 6) is 3.15. The van der Waals surface area contributed by atoms with Crippen molar-refractivity contribution in [1.29, 1.82) is 0 Å². The molecule has 4 N–H and O–H groups in total. The third-order valence-corrected chi connectivity index (χ3v) is 8.72. The van der Waals surface area contributed by atoms with E-state index in [0.29, 0.717) is 26.1 Å². The van der Waals surface area contributed by atoms with Gasteiger partial charge < -0.3 is 49.7 Å². The van der Waals surface area contributed by atoms with Gasteiger partial charge in [-0.05, 0) is 121 Å².